The molecule has 0 bridgehead atoms. The van der Waals surface area contributed by atoms with Crippen LogP contribution in [0.1, 0.15) is 66.9 Å². The monoisotopic (exact) mass is 592 g/mol. The van der Waals surface area contributed by atoms with Crippen LogP contribution in [0.3, 0.4) is 0 Å². The number of ether oxygens (including phenoxy) is 2. The third kappa shape index (κ3) is 8.70. The van der Waals surface area contributed by atoms with Crippen molar-refractivity contribution in [2.75, 3.05) is 5.32 Å². The summed E-state index contributed by atoms with van der Waals surface area (Å²) in [6.45, 7) is 15.2. The minimum atomic E-state index is -1.58. The molecule has 15 nitrogen and oxygen atoms in total. The van der Waals surface area contributed by atoms with E-state index >= 15 is 0 Å². The Morgan fingerprint density at radius 1 is 1.10 bits per heavy atom. The number of oxime groups is 1. The summed E-state index contributed by atoms with van der Waals surface area (Å²) in [5.41, 5.74) is -3.39. The zero-order valence-corrected chi connectivity index (χ0v) is 25.3. The first-order valence-electron chi connectivity index (χ1n) is 12.8. The number of amides is 3. The summed E-state index contributed by atoms with van der Waals surface area (Å²) in [5, 5.41) is 17.5. The van der Waals surface area contributed by atoms with E-state index in [1.165, 1.54) is 25.6 Å². The van der Waals surface area contributed by atoms with E-state index in [0.29, 0.717) is 5.82 Å². The summed E-state index contributed by atoms with van der Waals surface area (Å²) >= 11 is 1.01. The van der Waals surface area contributed by atoms with Gasteiger partial charge in [0.15, 0.2) is 10.8 Å². The number of nitrogens with one attached hydrogen (secondary N) is 3. The van der Waals surface area contributed by atoms with Gasteiger partial charge in [-0.1, -0.05) is 5.16 Å². The number of anilines is 1. The van der Waals surface area contributed by atoms with Crippen molar-refractivity contribution in [3.05, 3.63) is 23.2 Å². The van der Waals surface area contributed by atoms with Crippen molar-refractivity contribution < 1.29 is 33.5 Å². The van der Waals surface area contributed by atoms with Gasteiger partial charge < -0.3 is 24.9 Å². The highest BCUT2D eigenvalue weighted by Gasteiger charge is 2.42. The summed E-state index contributed by atoms with van der Waals surface area (Å²) in [5.74, 6) is -1.26. The van der Waals surface area contributed by atoms with Gasteiger partial charge in [0.25, 0.3) is 5.91 Å². The van der Waals surface area contributed by atoms with Crippen LogP contribution in [0.4, 0.5) is 9.93 Å². The van der Waals surface area contributed by atoms with E-state index in [-0.39, 0.29) is 23.1 Å². The van der Waals surface area contributed by atoms with Crippen LogP contribution >= 0.6 is 11.3 Å². The highest BCUT2D eigenvalue weighted by atomic mass is 32.1. The van der Waals surface area contributed by atoms with Gasteiger partial charge in [-0.05, 0) is 62.3 Å². The van der Waals surface area contributed by atoms with Crippen molar-refractivity contribution in [3.8, 4) is 0 Å². The maximum absolute atomic E-state index is 13.4. The predicted molar refractivity (Wildman–Crippen MR) is 148 cm³/mol. The number of hydrogen-bond acceptors (Lipinski definition) is 12. The molecule has 2 atom stereocenters. The normalized spacial score (nSPS) is 17.7. The number of esters is 1. The Bertz CT molecular complexity index is 1340. The molecule has 1 aliphatic heterocycles. The third-order valence-electron chi connectivity index (χ3n) is 5.30. The van der Waals surface area contributed by atoms with E-state index in [4.69, 9.17) is 14.3 Å². The van der Waals surface area contributed by atoms with Crippen LogP contribution in [-0.4, -0.2) is 78.2 Å². The molecule has 1 fully saturated rings. The molecule has 0 unspecified atom stereocenters. The fourth-order valence-electron chi connectivity index (χ4n) is 3.29. The maximum atomic E-state index is 13.4. The molecule has 41 heavy (non-hydrogen) atoms. The molecule has 16 heteroatoms. The lowest BCUT2D eigenvalue weighted by atomic mass is 9.98. The third-order valence-corrected chi connectivity index (χ3v) is 6.06. The number of aromatic nitrogens is 4. The molecule has 2 aromatic rings. The highest BCUT2D eigenvalue weighted by Crippen LogP contribution is 2.21. The number of thiazole rings is 1. The first kappa shape index (κ1) is 31.4. The van der Waals surface area contributed by atoms with E-state index in [1.807, 2.05) is 0 Å². The van der Waals surface area contributed by atoms with Crippen LogP contribution in [0.2, 0.25) is 0 Å². The Labute approximate surface area is 241 Å². The molecule has 0 aliphatic carbocycles. The smallest absolute Gasteiger partial charge is 0.413 e. The van der Waals surface area contributed by atoms with E-state index in [2.05, 4.69) is 36.2 Å². The van der Waals surface area contributed by atoms with Crippen molar-refractivity contribution in [1.82, 2.24) is 30.4 Å². The largest absolute Gasteiger partial charge is 0.457 e. The van der Waals surface area contributed by atoms with Crippen LogP contribution in [0.15, 0.2) is 16.9 Å². The topological polar surface area (TPSA) is 188 Å². The second-order valence-electron chi connectivity index (χ2n) is 11.8. The zero-order chi connectivity index (χ0) is 30.8. The Morgan fingerprint density at radius 2 is 1.76 bits per heavy atom. The van der Waals surface area contributed by atoms with Crippen molar-refractivity contribution in [2.45, 2.75) is 97.7 Å². The maximum Gasteiger partial charge on any atom is 0.413 e. The van der Waals surface area contributed by atoms with E-state index in [0.717, 1.165) is 11.3 Å². The van der Waals surface area contributed by atoms with Gasteiger partial charge in [0.2, 0.25) is 11.5 Å². The molecule has 2 aromatic heterocycles. The molecule has 0 spiro atoms. The summed E-state index contributed by atoms with van der Waals surface area (Å²) in [7, 11) is 0. The van der Waals surface area contributed by atoms with Gasteiger partial charge in [0.1, 0.15) is 35.1 Å². The number of carbonyl (C=O) groups excluding carboxylic acids is 4. The van der Waals surface area contributed by atoms with Crippen LogP contribution in [0.25, 0.3) is 0 Å². The average Bonchev–Trinajstić information content (AvgIpc) is 3.43. The van der Waals surface area contributed by atoms with E-state index < -0.39 is 52.8 Å². The average molecular weight is 593 g/mol. The van der Waals surface area contributed by atoms with Crippen molar-refractivity contribution in [1.29, 1.82) is 0 Å². The fourth-order valence-corrected chi connectivity index (χ4v) is 3.97. The first-order valence-corrected chi connectivity index (χ1v) is 13.6. The summed E-state index contributed by atoms with van der Waals surface area (Å²) in [6, 6.07) is -1.37. The lowest BCUT2D eigenvalue weighted by Gasteiger charge is -2.37. The summed E-state index contributed by atoms with van der Waals surface area (Å²) in [6.07, 6.45) is 0.657. The summed E-state index contributed by atoms with van der Waals surface area (Å²) in [4.78, 5) is 64.5. The molecule has 1 aliphatic rings. The summed E-state index contributed by atoms with van der Waals surface area (Å²) < 4.78 is 12.2. The minimum absolute atomic E-state index is 0.0296. The quantitative estimate of drug-likeness (QED) is 0.168. The molecule has 224 valence electrons. The van der Waals surface area contributed by atoms with Crippen molar-refractivity contribution in [2.24, 2.45) is 5.16 Å². The molecule has 1 saturated heterocycles. The Morgan fingerprint density at radius 3 is 2.32 bits per heavy atom. The number of β-lactam (4-membered cyclic amide) rings is 1. The number of carbonyl (C=O) groups is 4. The second-order valence-corrected chi connectivity index (χ2v) is 12.6. The molecular formula is C25H36N8O7S. The molecule has 3 heterocycles. The SMILES string of the molecule is Cc1ncnn1C[C@H]1NC(=O)[C@H]1NC(=O)/C(=N\OC(C)(C)C(=O)OC(C)(C)C)c1csc(NC(=O)OC(C)(C)C)n1. The predicted octanol–water partition coefficient (Wildman–Crippen LogP) is 1.91. The fraction of sp³-hybridized carbons (Fsp3) is 0.600. The Kier molecular flexibility index (Phi) is 9.05. The highest BCUT2D eigenvalue weighted by molar-refractivity contribution is 7.14. The minimum Gasteiger partial charge on any atom is -0.457 e. The van der Waals surface area contributed by atoms with Crippen LogP contribution in [-0.2, 0) is 35.2 Å². The standard InChI is InChI=1S/C25H36N8O7S/c1-13-26-12-27-33(13)10-14-16(18(34)28-14)30-19(35)17(32-40-25(8,9)20(36)38-23(2,3)4)15-11-41-21(29-15)31-22(37)39-24(5,6)7/h11-12,14,16H,10H2,1-9H3,(H,28,34)(H,30,35)(H,29,31,37)/b32-17-/t14-,16+/m1/s1. The van der Waals surface area contributed by atoms with Gasteiger partial charge in [-0.2, -0.15) is 5.10 Å². The molecule has 0 saturated carbocycles. The molecule has 3 rings (SSSR count). The Balaban J connectivity index is 1.84. The van der Waals surface area contributed by atoms with Crippen molar-refractivity contribution in [3.63, 3.8) is 0 Å². The van der Waals surface area contributed by atoms with E-state index in [1.54, 1.807) is 53.1 Å². The number of nitrogens with zero attached hydrogens (tertiary/aromatic N) is 5. The number of rotatable bonds is 9. The number of aryl methyl sites for hydroxylation is 1. The first-order chi connectivity index (χ1) is 18.8. The van der Waals surface area contributed by atoms with Crippen LogP contribution in [0, 0.1) is 6.92 Å². The van der Waals surface area contributed by atoms with Crippen LogP contribution < -0.4 is 16.0 Å². The van der Waals surface area contributed by atoms with Gasteiger partial charge in [0, 0.05) is 5.38 Å². The van der Waals surface area contributed by atoms with E-state index in [9.17, 15) is 19.2 Å². The molecule has 0 aromatic carbocycles. The Hall–Kier alpha value is -4.08. The number of hydrogen-bond donors (Lipinski definition) is 3. The second kappa shape index (κ2) is 11.8. The molecule has 3 amide bonds. The lowest BCUT2D eigenvalue weighted by Crippen LogP contribution is -2.70. The van der Waals surface area contributed by atoms with Gasteiger partial charge >= 0.3 is 12.1 Å². The zero-order valence-electron chi connectivity index (χ0n) is 24.5. The van der Waals surface area contributed by atoms with Gasteiger partial charge in [-0.15, -0.1) is 11.3 Å². The molecule has 3 N–H and O–H groups in total. The van der Waals surface area contributed by atoms with Gasteiger partial charge in [0.05, 0.1) is 12.6 Å². The molecular weight excluding hydrogens is 556 g/mol. The van der Waals surface area contributed by atoms with Crippen LogP contribution in [0.5, 0.6) is 0 Å². The van der Waals surface area contributed by atoms with Crippen molar-refractivity contribution >= 4 is 46.1 Å². The molecule has 0 radical (unpaired) electrons. The van der Waals surface area contributed by atoms with Gasteiger partial charge in [-0.25, -0.2) is 24.2 Å². The lowest BCUT2D eigenvalue weighted by molar-refractivity contribution is -0.179. The van der Waals surface area contributed by atoms with Gasteiger partial charge in [-0.3, -0.25) is 14.9 Å².